The summed E-state index contributed by atoms with van der Waals surface area (Å²) in [5, 5.41) is 8.53. The van der Waals surface area contributed by atoms with E-state index in [1.807, 2.05) is 47.4 Å². The van der Waals surface area contributed by atoms with E-state index in [0.717, 1.165) is 42.5 Å². The average Bonchev–Trinajstić information content (AvgIpc) is 3.36. The van der Waals surface area contributed by atoms with Crippen LogP contribution in [0.4, 0.5) is 0 Å². The zero-order valence-electron chi connectivity index (χ0n) is 15.9. The third-order valence-corrected chi connectivity index (χ3v) is 5.33. The van der Waals surface area contributed by atoms with Gasteiger partial charge in [-0.15, -0.1) is 0 Å². The first-order valence-electron chi connectivity index (χ1n) is 9.81. The quantitative estimate of drug-likeness (QED) is 0.701. The number of hydrogen-bond acceptors (Lipinski definition) is 4. The van der Waals surface area contributed by atoms with Crippen LogP contribution >= 0.6 is 0 Å². The Morgan fingerprint density at radius 2 is 1.93 bits per heavy atom. The van der Waals surface area contributed by atoms with Gasteiger partial charge in [0.05, 0.1) is 11.4 Å². The fourth-order valence-electron chi connectivity index (χ4n) is 3.78. The molecule has 3 aromatic rings. The molecule has 2 aromatic heterocycles. The van der Waals surface area contributed by atoms with Crippen molar-refractivity contribution < 1.29 is 0 Å². The zero-order chi connectivity index (χ0) is 18.5. The van der Waals surface area contributed by atoms with E-state index in [-0.39, 0.29) is 0 Å². The van der Waals surface area contributed by atoms with Gasteiger partial charge in [-0.2, -0.15) is 5.10 Å². The molecule has 1 saturated heterocycles. The minimum Gasteiger partial charge on any atom is -0.312 e. The molecule has 5 heteroatoms. The number of hydrogen-bond donors (Lipinski definition) is 1. The fourth-order valence-corrected chi connectivity index (χ4v) is 3.78. The lowest BCUT2D eigenvalue weighted by atomic mass is 10.1. The van der Waals surface area contributed by atoms with Crippen molar-refractivity contribution in [1.29, 1.82) is 0 Å². The maximum Gasteiger partial charge on any atom is 0.0973 e. The van der Waals surface area contributed by atoms with Crippen molar-refractivity contribution >= 4 is 0 Å². The predicted molar refractivity (Wildman–Crippen MR) is 109 cm³/mol. The summed E-state index contributed by atoms with van der Waals surface area (Å²) < 4.78 is 1.97. The minimum absolute atomic E-state index is 0.749. The van der Waals surface area contributed by atoms with Gasteiger partial charge in [0.15, 0.2) is 0 Å². The standard InChI is InChI=1S/C22H27N5/c1-2-26-13-10-18(16-26)14-24-15-20-17-27(21-6-4-3-5-7-21)25-22(20)19-8-11-23-12-9-19/h3-9,11-12,17-18,24H,2,10,13-16H2,1H3. The summed E-state index contributed by atoms with van der Waals surface area (Å²) in [6.45, 7) is 7.73. The Kier molecular flexibility index (Phi) is 5.61. The summed E-state index contributed by atoms with van der Waals surface area (Å²) in [5.74, 6) is 0.749. The molecule has 0 aliphatic carbocycles. The highest BCUT2D eigenvalue weighted by Gasteiger charge is 2.21. The van der Waals surface area contributed by atoms with Gasteiger partial charge in [-0.25, -0.2) is 4.68 Å². The van der Waals surface area contributed by atoms with E-state index in [1.165, 1.54) is 25.1 Å². The second-order valence-electron chi connectivity index (χ2n) is 7.20. The molecular weight excluding hydrogens is 334 g/mol. The highest BCUT2D eigenvalue weighted by atomic mass is 15.3. The molecule has 140 valence electrons. The van der Waals surface area contributed by atoms with Gasteiger partial charge >= 0.3 is 0 Å². The average molecular weight is 361 g/mol. The Morgan fingerprint density at radius 1 is 1.11 bits per heavy atom. The Hall–Kier alpha value is -2.50. The van der Waals surface area contributed by atoms with E-state index in [9.17, 15) is 0 Å². The van der Waals surface area contributed by atoms with E-state index >= 15 is 0 Å². The van der Waals surface area contributed by atoms with Crippen LogP contribution in [0, 0.1) is 5.92 Å². The number of benzene rings is 1. The van der Waals surface area contributed by atoms with Crippen molar-refractivity contribution in [3.8, 4) is 16.9 Å². The Balaban J connectivity index is 1.51. The summed E-state index contributed by atoms with van der Waals surface area (Å²) >= 11 is 0. The van der Waals surface area contributed by atoms with Crippen LogP contribution in [0.25, 0.3) is 16.9 Å². The smallest absolute Gasteiger partial charge is 0.0973 e. The van der Waals surface area contributed by atoms with Crippen molar-refractivity contribution in [3.63, 3.8) is 0 Å². The Morgan fingerprint density at radius 3 is 2.67 bits per heavy atom. The van der Waals surface area contributed by atoms with Gasteiger partial charge in [0, 0.05) is 42.8 Å². The first-order valence-corrected chi connectivity index (χ1v) is 9.81. The monoisotopic (exact) mass is 361 g/mol. The number of likely N-dealkylation sites (tertiary alicyclic amines) is 1. The van der Waals surface area contributed by atoms with Crippen LogP contribution in [0.2, 0.25) is 0 Å². The molecule has 1 aliphatic rings. The largest absolute Gasteiger partial charge is 0.312 e. The van der Waals surface area contributed by atoms with Crippen LogP contribution in [0.1, 0.15) is 18.9 Å². The molecule has 1 fully saturated rings. The summed E-state index contributed by atoms with van der Waals surface area (Å²) in [7, 11) is 0. The van der Waals surface area contributed by atoms with Crippen LogP contribution in [0.15, 0.2) is 61.1 Å². The van der Waals surface area contributed by atoms with Gasteiger partial charge < -0.3 is 10.2 Å². The number of aromatic nitrogens is 3. The van der Waals surface area contributed by atoms with E-state index < -0.39 is 0 Å². The van der Waals surface area contributed by atoms with Crippen molar-refractivity contribution in [1.82, 2.24) is 25.0 Å². The van der Waals surface area contributed by atoms with Crippen molar-refractivity contribution in [2.75, 3.05) is 26.2 Å². The first-order chi connectivity index (χ1) is 13.3. The van der Waals surface area contributed by atoms with Crippen LogP contribution in [-0.4, -0.2) is 45.8 Å². The zero-order valence-corrected chi connectivity index (χ0v) is 15.9. The summed E-state index contributed by atoms with van der Waals surface area (Å²) in [5.41, 5.74) is 4.42. The second kappa shape index (κ2) is 8.46. The minimum atomic E-state index is 0.749. The van der Waals surface area contributed by atoms with Crippen LogP contribution in [-0.2, 0) is 6.54 Å². The van der Waals surface area contributed by atoms with E-state index in [4.69, 9.17) is 5.10 Å². The fraction of sp³-hybridized carbons (Fsp3) is 0.364. The molecule has 0 bridgehead atoms. The van der Waals surface area contributed by atoms with Gasteiger partial charge in [-0.1, -0.05) is 25.1 Å². The number of rotatable bonds is 7. The molecule has 1 unspecified atom stereocenters. The SMILES string of the molecule is CCN1CCC(CNCc2cn(-c3ccccc3)nc2-c2ccncc2)C1. The van der Waals surface area contributed by atoms with Gasteiger partial charge in [-0.05, 0) is 56.2 Å². The highest BCUT2D eigenvalue weighted by molar-refractivity contribution is 5.62. The number of pyridine rings is 1. The second-order valence-corrected chi connectivity index (χ2v) is 7.20. The highest BCUT2D eigenvalue weighted by Crippen LogP contribution is 2.23. The third-order valence-electron chi connectivity index (χ3n) is 5.33. The molecule has 1 atom stereocenters. The summed E-state index contributed by atoms with van der Waals surface area (Å²) in [4.78, 5) is 6.67. The van der Waals surface area contributed by atoms with Crippen molar-refractivity contribution in [3.05, 3.63) is 66.6 Å². The lowest BCUT2D eigenvalue weighted by Gasteiger charge is -2.13. The molecule has 27 heavy (non-hydrogen) atoms. The maximum absolute atomic E-state index is 4.87. The molecule has 0 spiro atoms. The van der Waals surface area contributed by atoms with Gasteiger partial charge in [0.1, 0.15) is 0 Å². The third kappa shape index (κ3) is 4.26. The lowest BCUT2D eigenvalue weighted by Crippen LogP contribution is -2.26. The lowest BCUT2D eigenvalue weighted by molar-refractivity contribution is 0.339. The van der Waals surface area contributed by atoms with Crippen molar-refractivity contribution in [2.45, 2.75) is 19.9 Å². The van der Waals surface area contributed by atoms with E-state index in [2.05, 4.69) is 40.5 Å². The first kappa shape index (κ1) is 17.9. The molecule has 5 nitrogen and oxygen atoms in total. The Bertz CT molecular complexity index is 844. The van der Waals surface area contributed by atoms with E-state index in [0.29, 0.717) is 0 Å². The van der Waals surface area contributed by atoms with Gasteiger partial charge in [-0.3, -0.25) is 4.98 Å². The molecule has 1 aliphatic heterocycles. The van der Waals surface area contributed by atoms with E-state index in [1.54, 1.807) is 0 Å². The molecular formula is C22H27N5. The number of nitrogens with zero attached hydrogens (tertiary/aromatic N) is 4. The summed E-state index contributed by atoms with van der Waals surface area (Å²) in [6, 6.07) is 14.3. The normalized spacial score (nSPS) is 17.4. The maximum atomic E-state index is 4.87. The number of para-hydroxylation sites is 1. The Labute approximate surface area is 161 Å². The van der Waals surface area contributed by atoms with Crippen molar-refractivity contribution in [2.24, 2.45) is 5.92 Å². The molecule has 1 aromatic carbocycles. The van der Waals surface area contributed by atoms with Crippen LogP contribution in [0.3, 0.4) is 0 Å². The molecule has 4 rings (SSSR count). The predicted octanol–water partition coefficient (Wildman–Crippen LogP) is 3.37. The molecule has 0 saturated carbocycles. The topological polar surface area (TPSA) is 46.0 Å². The molecule has 0 radical (unpaired) electrons. The van der Waals surface area contributed by atoms with Gasteiger partial charge in [0.2, 0.25) is 0 Å². The molecule has 1 N–H and O–H groups in total. The summed E-state index contributed by atoms with van der Waals surface area (Å²) in [6.07, 6.45) is 7.09. The number of nitrogens with one attached hydrogen (secondary N) is 1. The molecule has 3 heterocycles. The molecule has 0 amide bonds. The van der Waals surface area contributed by atoms with Gasteiger partial charge in [0.25, 0.3) is 0 Å². The van der Waals surface area contributed by atoms with Crippen LogP contribution in [0.5, 0.6) is 0 Å². The van der Waals surface area contributed by atoms with Crippen LogP contribution < -0.4 is 5.32 Å².